The Kier molecular flexibility index (Phi) is 4.12. The maximum Gasteiger partial charge on any atom is 0.418 e. The number of alkyl halides is 3. The summed E-state index contributed by atoms with van der Waals surface area (Å²) < 4.78 is 40.8. The van der Waals surface area contributed by atoms with Crippen molar-refractivity contribution in [3.8, 4) is 0 Å². The van der Waals surface area contributed by atoms with Gasteiger partial charge >= 0.3 is 6.18 Å². The van der Waals surface area contributed by atoms with Crippen LogP contribution in [0.15, 0.2) is 54.7 Å². The number of imide groups is 1. The highest BCUT2D eigenvalue weighted by Crippen LogP contribution is 2.54. The second kappa shape index (κ2) is 6.54. The first-order valence-corrected chi connectivity index (χ1v) is 9.81. The molecule has 2 saturated heterocycles. The Hall–Kier alpha value is -3.42. The van der Waals surface area contributed by atoms with Gasteiger partial charge in [-0.05, 0) is 36.3 Å². The van der Waals surface area contributed by atoms with Gasteiger partial charge in [0.1, 0.15) is 0 Å². The number of fused-ring (bicyclic) bond motifs is 5. The maximum atomic E-state index is 13.6. The molecule has 0 unspecified atom stereocenters. The number of carbonyl (C=O) groups excluding carboxylic acids is 3. The summed E-state index contributed by atoms with van der Waals surface area (Å²) >= 11 is 0. The van der Waals surface area contributed by atoms with Gasteiger partial charge in [0, 0.05) is 6.20 Å². The van der Waals surface area contributed by atoms with E-state index in [4.69, 9.17) is 0 Å². The molecule has 8 heteroatoms. The van der Waals surface area contributed by atoms with Gasteiger partial charge in [0.05, 0.1) is 35.2 Å². The number of hydrogen-bond donors (Lipinski definition) is 0. The molecule has 0 spiro atoms. The Morgan fingerprint density at radius 3 is 2.29 bits per heavy atom. The molecular weight excluding hydrogens is 409 g/mol. The standard InChI is InChI=1S/C23H17F3N2O3/c1-12(29)19-17-18(20-14-7-3-2-6-13(14)10-11-27(19)20)22(31)28(21(17)30)16-9-5-4-8-15(16)23(24,25)26/h2-11,17-20H,1H3/t17-,18+,19-,20-/m1/s1. The van der Waals surface area contributed by atoms with Crippen molar-refractivity contribution in [2.24, 2.45) is 11.8 Å². The highest BCUT2D eigenvalue weighted by Gasteiger charge is 2.64. The zero-order valence-corrected chi connectivity index (χ0v) is 16.3. The van der Waals surface area contributed by atoms with E-state index in [9.17, 15) is 27.6 Å². The van der Waals surface area contributed by atoms with Crippen molar-refractivity contribution >= 4 is 29.4 Å². The Bertz CT molecular complexity index is 1160. The third kappa shape index (κ3) is 2.67. The van der Waals surface area contributed by atoms with Crippen molar-refractivity contribution in [3.63, 3.8) is 0 Å². The van der Waals surface area contributed by atoms with Crippen molar-refractivity contribution in [2.45, 2.75) is 25.2 Å². The fourth-order valence-electron chi connectivity index (χ4n) is 5.17. The predicted octanol–water partition coefficient (Wildman–Crippen LogP) is 3.81. The van der Waals surface area contributed by atoms with E-state index >= 15 is 0 Å². The van der Waals surface area contributed by atoms with Crippen LogP contribution in [0.1, 0.15) is 29.7 Å². The summed E-state index contributed by atoms with van der Waals surface area (Å²) in [5, 5.41) is 0. The molecule has 4 atom stereocenters. The van der Waals surface area contributed by atoms with Crippen molar-refractivity contribution in [3.05, 3.63) is 71.4 Å². The summed E-state index contributed by atoms with van der Waals surface area (Å²) in [4.78, 5) is 41.7. The van der Waals surface area contributed by atoms with E-state index in [2.05, 4.69) is 0 Å². The zero-order valence-electron chi connectivity index (χ0n) is 16.3. The van der Waals surface area contributed by atoms with Gasteiger partial charge in [-0.15, -0.1) is 0 Å². The summed E-state index contributed by atoms with van der Waals surface area (Å²) in [5.74, 6) is -3.79. The first kappa shape index (κ1) is 19.5. The number of Topliss-reactive ketones (excluding diaryl/α,β-unsaturated/α-hetero) is 1. The highest BCUT2D eigenvalue weighted by molar-refractivity contribution is 6.24. The number of carbonyl (C=O) groups is 3. The van der Waals surface area contributed by atoms with Crippen LogP contribution < -0.4 is 4.90 Å². The zero-order chi connectivity index (χ0) is 22.1. The van der Waals surface area contributed by atoms with E-state index in [1.807, 2.05) is 24.3 Å². The van der Waals surface area contributed by atoms with Crippen LogP contribution in [-0.2, 0) is 20.6 Å². The number of anilines is 1. The molecule has 0 radical (unpaired) electrons. The number of amides is 2. The highest BCUT2D eigenvalue weighted by atomic mass is 19.4. The van der Waals surface area contributed by atoms with Crippen LogP contribution in [-0.4, -0.2) is 28.5 Å². The van der Waals surface area contributed by atoms with Gasteiger partial charge in [-0.1, -0.05) is 36.4 Å². The minimum absolute atomic E-state index is 0.311. The molecule has 2 amide bonds. The lowest BCUT2D eigenvalue weighted by Crippen LogP contribution is -2.44. The molecule has 3 aliphatic rings. The smallest absolute Gasteiger partial charge is 0.359 e. The van der Waals surface area contributed by atoms with Crippen LogP contribution in [0.2, 0.25) is 0 Å². The van der Waals surface area contributed by atoms with Crippen LogP contribution >= 0.6 is 0 Å². The quantitative estimate of drug-likeness (QED) is 0.686. The third-order valence-electron chi connectivity index (χ3n) is 6.33. The van der Waals surface area contributed by atoms with Crippen LogP contribution in [0, 0.1) is 11.8 Å². The Morgan fingerprint density at radius 2 is 1.58 bits per heavy atom. The summed E-state index contributed by atoms with van der Waals surface area (Å²) in [6, 6.07) is 10.3. The van der Waals surface area contributed by atoms with Gasteiger partial charge in [-0.25, -0.2) is 4.90 Å². The lowest BCUT2D eigenvalue weighted by molar-refractivity contribution is -0.137. The molecule has 5 rings (SSSR count). The van der Waals surface area contributed by atoms with E-state index in [0.29, 0.717) is 4.90 Å². The fraction of sp³-hybridized carbons (Fsp3) is 0.261. The van der Waals surface area contributed by atoms with Gasteiger partial charge in [0.2, 0.25) is 11.8 Å². The van der Waals surface area contributed by atoms with Gasteiger partial charge in [0.15, 0.2) is 5.78 Å². The molecule has 0 aliphatic carbocycles. The van der Waals surface area contributed by atoms with Gasteiger partial charge < -0.3 is 4.90 Å². The monoisotopic (exact) mass is 426 g/mol. The molecule has 5 nitrogen and oxygen atoms in total. The molecule has 31 heavy (non-hydrogen) atoms. The lowest BCUT2D eigenvalue weighted by atomic mass is 9.84. The molecule has 0 saturated carbocycles. The number of benzene rings is 2. The Morgan fingerprint density at radius 1 is 0.935 bits per heavy atom. The van der Waals surface area contributed by atoms with E-state index in [-0.39, 0.29) is 5.78 Å². The van der Waals surface area contributed by atoms with Crippen LogP contribution in [0.4, 0.5) is 18.9 Å². The topological polar surface area (TPSA) is 57.7 Å². The van der Waals surface area contributed by atoms with Crippen molar-refractivity contribution in [1.82, 2.24) is 4.90 Å². The number of rotatable bonds is 2. The van der Waals surface area contributed by atoms with Crippen LogP contribution in [0.3, 0.4) is 0 Å². The molecule has 2 aromatic rings. The normalized spacial score (nSPS) is 26.7. The van der Waals surface area contributed by atoms with Gasteiger partial charge in [-0.2, -0.15) is 13.2 Å². The van der Waals surface area contributed by atoms with Crippen LogP contribution in [0.25, 0.3) is 6.08 Å². The average Bonchev–Trinajstić information content (AvgIpc) is 3.20. The van der Waals surface area contributed by atoms with Gasteiger partial charge in [0.25, 0.3) is 0 Å². The lowest BCUT2D eigenvalue weighted by Gasteiger charge is -2.35. The largest absolute Gasteiger partial charge is 0.418 e. The SMILES string of the molecule is CC(=O)[C@@H]1[C@@H]2C(=O)N(c3ccccc3C(F)(F)F)C(=O)[C@@H]2[C@H]2c3ccccc3C=CN12. The number of nitrogens with zero attached hydrogens (tertiary/aromatic N) is 2. The first-order chi connectivity index (χ1) is 14.7. The summed E-state index contributed by atoms with van der Waals surface area (Å²) in [7, 11) is 0. The van der Waals surface area contributed by atoms with E-state index in [1.54, 1.807) is 17.2 Å². The summed E-state index contributed by atoms with van der Waals surface area (Å²) in [6.45, 7) is 1.34. The fourth-order valence-corrected chi connectivity index (χ4v) is 5.17. The van der Waals surface area contributed by atoms with E-state index in [1.165, 1.54) is 19.1 Å². The average molecular weight is 426 g/mol. The third-order valence-corrected chi connectivity index (χ3v) is 6.33. The molecule has 2 fully saturated rings. The van der Waals surface area contributed by atoms with Crippen LogP contribution in [0.5, 0.6) is 0 Å². The predicted molar refractivity (Wildman–Crippen MR) is 105 cm³/mol. The van der Waals surface area contributed by atoms with Crippen molar-refractivity contribution in [2.75, 3.05) is 4.90 Å². The molecule has 3 aliphatic heterocycles. The van der Waals surface area contributed by atoms with Gasteiger partial charge in [-0.3, -0.25) is 14.4 Å². The Labute approximate surface area is 175 Å². The second-order valence-electron chi connectivity index (χ2n) is 7.97. The minimum Gasteiger partial charge on any atom is -0.359 e. The second-order valence-corrected chi connectivity index (χ2v) is 7.97. The molecule has 2 aromatic carbocycles. The molecule has 3 heterocycles. The number of halogens is 3. The Balaban J connectivity index is 1.67. The summed E-state index contributed by atoms with van der Waals surface area (Å²) in [6.07, 6.45) is -1.22. The van der Waals surface area contributed by atoms with Crippen molar-refractivity contribution in [1.29, 1.82) is 0 Å². The molecular formula is C23H17F3N2O3. The van der Waals surface area contributed by atoms with E-state index < -0.39 is 53.2 Å². The number of ketones is 1. The number of hydrogen-bond acceptors (Lipinski definition) is 4. The molecule has 0 N–H and O–H groups in total. The maximum absolute atomic E-state index is 13.6. The molecule has 158 valence electrons. The first-order valence-electron chi connectivity index (χ1n) is 9.81. The molecule has 0 bridgehead atoms. The minimum atomic E-state index is -4.74. The molecule has 0 aromatic heterocycles. The number of para-hydroxylation sites is 1. The van der Waals surface area contributed by atoms with Crippen molar-refractivity contribution < 1.29 is 27.6 Å². The summed E-state index contributed by atoms with van der Waals surface area (Å²) in [5.41, 5.74) is 0.0710. The van der Waals surface area contributed by atoms with E-state index in [0.717, 1.165) is 23.3 Å².